The summed E-state index contributed by atoms with van der Waals surface area (Å²) in [5.74, 6) is 0.100. The zero-order chi connectivity index (χ0) is 21.2. The zero-order valence-electron chi connectivity index (χ0n) is 17.1. The molecule has 7 nitrogen and oxygen atoms in total. The van der Waals surface area contributed by atoms with Crippen molar-refractivity contribution in [1.82, 2.24) is 5.32 Å². The van der Waals surface area contributed by atoms with E-state index in [1.54, 1.807) is 36.2 Å². The summed E-state index contributed by atoms with van der Waals surface area (Å²) in [5, 5.41) is 15.2. The fraction of sp³-hybridized carbons (Fsp3) is 0.300. The molecule has 0 atom stereocenters. The van der Waals surface area contributed by atoms with Crippen molar-refractivity contribution in [2.75, 3.05) is 23.7 Å². The van der Waals surface area contributed by atoms with E-state index in [-0.39, 0.29) is 18.3 Å². The van der Waals surface area contributed by atoms with E-state index >= 15 is 0 Å². The van der Waals surface area contributed by atoms with E-state index in [4.69, 9.17) is 0 Å². The Morgan fingerprint density at radius 1 is 1.24 bits per heavy atom. The topological polar surface area (TPSA) is 94.0 Å². The van der Waals surface area contributed by atoms with Crippen molar-refractivity contribution in [3.63, 3.8) is 0 Å². The third-order valence-electron chi connectivity index (χ3n) is 4.21. The molecule has 0 bridgehead atoms. The number of anilines is 2. The number of aryl methyl sites for hydroxylation is 1. The van der Waals surface area contributed by atoms with E-state index in [1.165, 1.54) is 12.4 Å². The number of rotatable bonds is 8. The monoisotopic (exact) mass is 392 g/mol. The number of nitrogens with zero attached hydrogens (tertiary/aromatic N) is 2. The molecule has 2 aromatic carbocycles. The van der Waals surface area contributed by atoms with Crippen LogP contribution in [0.4, 0.5) is 11.4 Å². The Bertz CT molecular complexity index is 857. The van der Waals surface area contributed by atoms with Gasteiger partial charge in [-0.2, -0.15) is 0 Å². The van der Waals surface area contributed by atoms with Crippen LogP contribution in [-0.2, 0) is 11.1 Å². The van der Waals surface area contributed by atoms with E-state index in [9.17, 15) is 14.5 Å². The van der Waals surface area contributed by atoms with Crippen molar-refractivity contribution in [2.24, 2.45) is 4.90 Å². The molecular formula is C20H26B2N4O3. The molecule has 3 N–H and O–H groups in total. The Balaban J connectivity index is 2.16. The van der Waals surface area contributed by atoms with Gasteiger partial charge in [0.05, 0.1) is 0 Å². The Morgan fingerprint density at radius 3 is 2.59 bits per heavy atom. The Labute approximate surface area is 172 Å². The summed E-state index contributed by atoms with van der Waals surface area (Å²) in [7, 11) is 1.49. The molecule has 2 rings (SSSR count). The van der Waals surface area contributed by atoms with Crippen LogP contribution in [0.3, 0.4) is 0 Å². The average Bonchev–Trinajstić information content (AvgIpc) is 2.71. The minimum absolute atomic E-state index is 0.0495. The van der Waals surface area contributed by atoms with E-state index in [2.05, 4.69) is 22.5 Å². The third-order valence-corrected chi connectivity index (χ3v) is 4.21. The zero-order valence-corrected chi connectivity index (χ0v) is 17.1. The second-order valence-corrected chi connectivity index (χ2v) is 6.64. The van der Waals surface area contributed by atoms with Crippen LogP contribution in [0.25, 0.3) is 0 Å². The summed E-state index contributed by atoms with van der Waals surface area (Å²) in [4.78, 5) is 18.5. The first-order chi connectivity index (χ1) is 13.9. The summed E-state index contributed by atoms with van der Waals surface area (Å²) < 4.78 is 10.6. The number of carbonyl (C=O) groups is 1. The number of hydrogen-bond acceptors (Lipinski definition) is 4. The van der Waals surface area contributed by atoms with Crippen LogP contribution in [0.1, 0.15) is 29.3 Å². The molecule has 0 unspecified atom stereocenters. The van der Waals surface area contributed by atoms with Crippen LogP contribution in [-0.4, -0.2) is 44.6 Å². The number of benzene rings is 2. The van der Waals surface area contributed by atoms with Gasteiger partial charge in [-0.15, -0.1) is 0 Å². The van der Waals surface area contributed by atoms with Crippen LogP contribution in [0.15, 0.2) is 53.4 Å². The van der Waals surface area contributed by atoms with Gasteiger partial charge < -0.3 is 0 Å². The van der Waals surface area contributed by atoms with Gasteiger partial charge in [0, 0.05) is 0 Å². The maximum absolute atomic E-state index is 12.9. The molecule has 0 aliphatic carbocycles. The minimum atomic E-state index is -0.941. The molecule has 0 aromatic heterocycles. The van der Waals surface area contributed by atoms with E-state index in [0.717, 1.165) is 18.5 Å². The number of hydrogen-bond donors (Lipinski definition) is 3. The molecule has 0 fully saturated rings. The molecule has 0 saturated carbocycles. The first kappa shape index (κ1) is 22.4. The predicted octanol–water partition coefficient (Wildman–Crippen LogP) is 2.39. The predicted molar refractivity (Wildman–Crippen MR) is 119 cm³/mol. The van der Waals surface area contributed by atoms with Crippen LogP contribution < -0.4 is 15.5 Å². The van der Waals surface area contributed by atoms with Gasteiger partial charge in [0.2, 0.25) is 0 Å². The summed E-state index contributed by atoms with van der Waals surface area (Å²) in [6.07, 6.45) is 2.14. The molecule has 0 spiro atoms. The molecule has 150 valence electrons. The summed E-state index contributed by atoms with van der Waals surface area (Å²) in [5.41, 5.74) is 3.18. The second-order valence-electron chi connectivity index (χ2n) is 6.64. The van der Waals surface area contributed by atoms with Crippen molar-refractivity contribution in [3.05, 3.63) is 59.7 Å². The van der Waals surface area contributed by atoms with Gasteiger partial charge in [-0.05, 0) is 12.0 Å². The molecule has 1 amide bonds. The SMILES string of the molecule is CCCc1ccc(N(C)C(=O)c2cccc(N/C(=N\B(C)O)NCB=O)c2)cc1. The number of nitrogens with one attached hydrogen (secondary N) is 2. The molecule has 0 heterocycles. The summed E-state index contributed by atoms with van der Waals surface area (Å²) in [6, 6.07) is 14.9. The van der Waals surface area contributed by atoms with Gasteiger partial charge >= 0.3 is 147 Å². The summed E-state index contributed by atoms with van der Waals surface area (Å²) >= 11 is 0. The second kappa shape index (κ2) is 11.2. The van der Waals surface area contributed by atoms with Gasteiger partial charge in [0.1, 0.15) is 0 Å². The fourth-order valence-electron chi connectivity index (χ4n) is 2.80. The van der Waals surface area contributed by atoms with Crippen molar-refractivity contribution in [3.8, 4) is 0 Å². The van der Waals surface area contributed by atoms with Crippen LogP contribution >= 0.6 is 0 Å². The van der Waals surface area contributed by atoms with Gasteiger partial charge in [-0.25, -0.2) is 0 Å². The number of carbonyl (C=O) groups excluding carboxylic acids is 1. The summed E-state index contributed by atoms with van der Waals surface area (Å²) in [6.45, 7) is 3.64. The van der Waals surface area contributed by atoms with Crippen LogP contribution in [0, 0.1) is 0 Å². The van der Waals surface area contributed by atoms with Gasteiger partial charge in [0.15, 0.2) is 0 Å². The average molecular weight is 392 g/mol. The number of amides is 1. The molecule has 29 heavy (non-hydrogen) atoms. The standard InChI is InChI=1S/C20H26B2N4O3/c1-4-6-15-9-11-18(12-10-15)26(3)19(27)16-7-5-8-17(13-16)24-20(23-14-21-28)25-22(2)29/h5,7-13,29H,4,6,14H2,1-3H3,(H2,23,24,25). The molecule has 0 aliphatic heterocycles. The third kappa shape index (κ3) is 6.87. The number of guanidine groups is 1. The Hall–Kier alpha value is -2.93. The molecule has 0 saturated heterocycles. The van der Waals surface area contributed by atoms with Crippen molar-refractivity contribution in [1.29, 1.82) is 0 Å². The van der Waals surface area contributed by atoms with Crippen molar-refractivity contribution in [2.45, 2.75) is 26.6 Å². The first-order valence-corrected chi connectivity index (χ1v) is 9.62. The van der Waals surface area contributed by atoms with E-state index in [0.29, 0.717) is 18.4 Å². The quantitative estimate of drug-likeness (QED) is 0.365. The maximum atomic E-state index is 12.9. The molecule has 2 aromatic rings. The Kier molecular flexibility index (Phi) is 8.61. The van der Waals surface area contributed by atoms with Gasteiger partial charge in [-0.3, -0.25) is 0 Å². The molecular weight excluding hydrogens is 366 g/mol. The van der Waals surface area contributed by atoms with E-state index < -0.39 is 7.05 Å². The Morgan fingerprint density at radius 2 is 1.97 bits per heavy atom. The molecule has 9 heteroatoms. The van der Waals surface area contributed by atoms with Gasteiger partial charge in [-0.1, -0.05) is 13.3 Å². The normalized spacial score (nSPS) is 10.8. The van der Waals surface area contributed by atoms with E-state index in [1.807, 2.05) is 24.3 Å². The van der Waals surface area contributed by atoms with Gasteiger partial charge in [0.25, 0.3) is 0 Å². The van der Waals surface area contributed by atoms with Crippen molar-refractivity contribution < 1.29 is 14.5 Å². The molecule has 0 aliphatic rings. The van der Waals surface area contributed by atoms with Crippen molar-refractivity contribution >= 4 is 37.4 Å². The van der Waals surface area contributed by atoms with Crippen LogP contribution in [0.2, 0.25) is 6.82 Å². The molecule has 0 radical (unpaired) electrons. The fourth-order valence-corrected chi connectivity index (χ4v) is 2.80. The first-order valence-electron chi connectivity index (χ1n) is 9.62. The van der Waals surface area contributed by atoms with Crippen LogP contribution in [0.5, 0.6) is 0 Å².